The van der Waals surface area contributed by atoms with Crippen molar-refractivity contribution in [3.05, 3.63) is 36.3 Å². The minimum atomic E-state index is -3.73. The third-order valence-electron chi connectivity index (χ3n) is 4.47. The van der Waals surface area contributed by atoms with Crippen LogP contribution in [0.3, 0.4) is 0 Å². The molecule has 0 saturated heterocycles. The number of aliphatic hydroxyl groups is 1. The molecule has 1 unspecified atom stereocenters. The van der Waals surface area contributed by atoms with E-state index in [2.05, 4.69) is 14.8 Å². The normalized spacial score (nSPS) is 21.6. The molecule has 1 saturated carbocycles. The summed E-state index contributed by atoms with van der Waals surface area (Å²) in [4.78, 5) is 4.29. The van der Waals surface area contributed by atoms with Gasteiger partial charge in [-0.1, -0.05) is 6.07 Å². The summed E-state index contributed by atoms with van der Waals surface area (Å²) in [6.07, 6.45) is 5.16. The average molecular weight is 366 g/mol. The van der Waals surface area contributed by atoms with E-state index in [1.54, 1.807) is 23.0 Å². The van der Waals surface area contributed by atoms with E-state index in [1.165, 1.54) is 19.5 Å². The first-order valence-corrected chi connectivity index (χ1v) is 9.64. The summed E-state index contributed by atoms with van der Waals surface area (Å²) in [7, 11) is -2.20. The first kappa shape index (κ1) is 17.8. The third-order valence-corrected chi connectivity index (χ3v) is 5.87. The summed E-state index contributed by atoms with van der Waals surface area (Å²) in [5.41, 5.74) is 0.740. The molecule has 1 aliphatic rings. The second-order valence-corrected chi connectivity index (χ2v) is 7.86. The Morgan fingerprint density at radius 1 is 1.40 bits per heavy atom. The number of ether oxygens (including phenoxy) is 1. The van der Waals surface area contributed by atoms with Crippen LogP contribution in [0.15, 0.2) is 35.6 Å². The molecule has 1 aliphatic carbocycles. The number of rotatable bonds is 7. The van der Waals surface area contributed by atoms with Crippen molar-refractivity contribution in [2.45, 2.75) is 43.4 Å². The lowest BCUT2D eigenvalue weighted by Crippen LogP contribution is -2.41. The summed E-state index contributed by atoms with van der Waals surface area (Å²) in [5, 5.41) is 13.6. The lowest BCUT2D eigenvalue weighted by atomic mass is 9.76. The quantitative estimate of drug-likeness (QED) is 0.760. The van der Waals surface area contributed by atoms with Crippen molar-refractivity contribution in [2.75, 3.05) is 7.11 Å². The molecule has 0 aliphatic heterocycles. The minimum absolute atomic E-state index is 0.0150. The summed E-state index contributed by atoms with van der Waals surface area (Å²) < 4.78 is 34.8. The van der Waals surface area contributed by atoms with Gasteiger partial charge in [-0.05, 0) is 31.2 Å². The number of nitrogens with zero attached hydrogens (tertiary/aromatic N) is 3. The van der Waals surface area contributed by atoms with Gasteiger partial charge in [0.2, 0.25) is 15.9 Å². The van der Waals surface area contributed by atoms with Crippen LogP contribution in [0.5, 0.6) is 5.88 Å². The zero-order valence-electron chi connectivity index (χ0n) is 14.2. The minimum Gasteiger partial charge on any atom is -0.481 e. The highest BCUT2D eigenvalue weighted by Crippen LogP contribution is 2.39. The molecule has 25 heavy (non-hydrogen) atoms. The first-order valence-electron chi connectivity index (χ1n) is 8.15. The number of aryl methyl sites for hydroxylation is 1. The molecule has 3 rings (SSSR count). The molecule has 2 aromatic heterocycles. The topological polar surface area (TPSA) is 106 Å². The Morgan fingerprint density at radius 3 is 2.68 bits per heavy atom. The fourth-order valence-electron chi connectivity index (χ4n) is 2.93. The highest BCUT2D eigenvalue weighted by molar-refractivity contribution is 7.89. The molecule has 9 heteroatoms. The van der Waals surface area contributed by atoms with Gasteiger partial charge < -0.3 is 9.84 Å². The summed E-state index contributed by atoms with van der Waals surface area (Å²) in [6.45, 7) is 2.48. The van der Waals surface area contributed by atoms with Gasteiger partial charge in [0.25, 0.3) is 0 Å². The van der Waals surface area contributed by atoms with E-state index < -0.39 is 16.1 Å². The van der Waals surface area contributed by atoms with E-state index >= 15 is 0 Å². The van der Waals surface area contributed by atoms with Gasteiger partial charge in [-0.25, -0.2) is 18.1 Å². The summed E-state index contributed by atoms with van der Waals surface area (Å²) in [5.74, 6) is 0.476. The zero-order valence-corrected chi connectivity index (χ0v) is 15.0. The van der Waals surface area contributed by atoms with Crippen LogP contribution in [-0.4, -0.2) is 41.5 Å². The summed E-state index contributed by atoms with van der Waals surface area (Å²) in [6, 6.07) is 3.02. The molecule has 136 valence electrons. The Bertz CT molecular complexity index is 813. The van der Waals surface area contributed by atoms with Crippen molar-refractivity contribution in [3.63, 3.8) is 0 Å². The van der Waals surface area contributed by atoms with Crippen LogP contribution in [0.1, 0.15) is 31.4 Å². The van der Waals surface area contributed by atoms with E-state index in [1.807, 2.05) is 6.92 Å². The smallest absolute Gasteiger partial charge is 0.244 e. The number of aromatic nitrogens is 3. The van der Waals surface area contributed by atoms with Crippen molar-refractivity contribution in [1.82, 2.24) is 19.5 Å². The fourth-order valence-corrected chi connectivity index (χ4v) is 4.17. The van der Waals surface area contributed by atoms with Crippen LogP contribution in [0.25, 0.3) is 0 Å². The standard InChI is InChI=1S/C16H22N4O4S/c1-3-20-10-14(9-18-20)25(22,23)19-16(12-6-13(21)7-12)11-4-5-15(24-2)17-8-11/h4-5,8-10,12-13,16,19,21H,3,6-7H2,1-2H3. The number of pyridine rings is 1. The maximum absolute atomic E-state index is 12.7. The van der Waals surface area contributed by atoms with Gasteiger partial charge in [-0.2, -0.15) is 5.10 Å². The average Bonchev–Trinajstić information content (AvgIpc) is 3.07. The van der Waals surface area contributed by atoms with Crippen molar-refractivity contribution >= 4 is 10.0 Å². The zero-order chi connectivity index (χ0) is 18.0. The predicted octanol–water partition coefficient (Wildman–Crippen LogP) is 1.10. The van der Waals surface area contributed by atoms with Gasteiger partial charge in [-0.15, -0.1) is 0 Å². The van der Waals surface area contributed by atoms with Crippen LogP contribution in [0.4, 0.5) is 0 Å². The Morgan fingerprint density at radius 2 is 2.16 bits per heavy atom. The van der Waals surface area contributed by atoms with Crippen LogP contribution in [-0.2, 0) is 16.6 Å². The highest BCUT2D eigenvalue weighted by Gasteiger charge is 2.37. The van der Waals surface area contributed by atoms with Crippen molar-refractivity contribution in [1.29, 1.82) is 0 Å². The molecule has 0 amide bonds. The van der Waals surface area contributed by atoms with Crippen LogP contribution in [0, 0.1) is 5.92 Å². The molecule has 2 aromatic rings. The Labute approximate surface area is 146 Å². The molecule has 1 atom stereocenters. The fraction of sp³-hybridized carbons (Fsp3) is 0.500. The van der Waals surface area contributed by atoms with E-state index in [9.17, 15) is 13.5 Å². The Balaban J connectivity index is 1.86. The molecular weight excluding hydrogens is 344 g/mol. The van der Waals surface area contributed by atoms with Crippen LogP contribution in [0.2, 0.25) is 0 Å². The first-order chi connectivity index (χ1) is 11.9. The molecule has 1 fully saturated rings. The molecule has 2 N–H and O–H groups in total. The van der Waals surface area contributed by atoms with Gasteiger partial charge in [0.05, 0.1) is 25.5 Å². The number of methoxy groups -OCH3 is 1. The molecule has 0 aromatic carbocycles. The second-order valence-electron chi connectivity index (χ2n) is 6.15. The number of aliphatic hydroxyl groups excluding tert-OH is 1. The third kappa shape index (κ3) is 3.83. The highest BCUT2D eigenvalue weighted by atomic mass is 32.2. The van der Waals surface area contributed by atoms with E-state index in [-0.39, 0.29) is 16.9 Å². The summed E-state index contributed by atoms with van der Waals surface area (Å²) >= 11 is 0. The number of nitrogens with one attached hydrogen (secondary N) is 1. The maximum atomic E-state index is 12.7. The lowest BCUT2D eigenvalue weighted by Gasteiger charge is -2.37. The van der Waals surface area contributed by atoms with Crippen molar-refractivity contribution < 1.29 is 18.3 Å². The van der Waals surface area contributed by atoms with E-state index in [0.717, 1.165) is 5.56 Å². The molecule has 0 bridgehead atoms. The molecule has 8 nitrogen and oxygen atoms in total. The van der Waals surface area contributed by atoms with Crippen LogP contribution >= 0.6 is 0 Å². The molecular formula is C16H22N4O4S. The largest absolute Gasteiger partial charge is 0.481 e. The van der Waals surface area contributed by atoms with Gasteiger partial charge >= 0.3 is 0 Å². The Kier molecular flexibility index (Phi) is 5.07. The second kappa shape index (κ2) is 7.11. The van der Waals surface area contributed by atoms with Crippen molar-refractivity contribution in [3.8, 4) is 5.88 Å². The number of hydrogen-bond donors (Lipinski definition) is 2. The van der Waals surface area contributed by atoms with Gasteiger partial charge in [-0.3, -0.25) is 4.68 Å². The van der Waals surface area contributed by atoms with E-state index in [4.69, 9.17) is 4.74 Å². The Hall–Kier alpha value is -1.97. The van der Waals surface area contributed by atoms with Gasteiger partial charge in [0, 0.05) is 25.0 Å². The molecule has 0 spiro atoms. The van der Waals surface area contributed by atoms with E-state index in [0.29, 0.717) is 25.3 Å². The van der Waals surface area contributed by atoms with Gasteiger partial charge in [0.15, 0.2) is 0 Å². The number of hydrogen-bond acceptors (Lipinski definition) is 6. The SMILES string of the molecule is CCn1cc(S(=O)(=O)NC(c2ccc(OC)nc2)C2CC(O)C2)cn1. The van der Waals surface area contributed by atoms with Crippen molar-refractivity contribution in [2.24, 2.45) is 5.92 Å². The monoisotopic (exact) mass is 366 g/mol. The molecule has 2 heterocycles. The lowest BCUT2D eigenvalue weighted by molar-refractivity contribution is 0.0279. The molecule has 0 radical (unpaired) electrons. The number of sulfonamides is 1. The van der Waals surface area contributed by atoms with Gasteiger partial charge in [0.1, 0.15) is 4.90 Å². The van der Waals surface area contributed by atoms with Crippen LogP contribution < -0.4 is 9.46 Å². The predicted molar refractivity (Wildman–Crippen MR) is 90.5 cm³/mol. The maximum Gasteiger partial charge on any atom is 0.244 e.